The Kier molecular flexibility index (Phi) is 6.61. The lowest BCUT2D eigenvalue weighted by atomic mass is 10.0. The van der Waals surface area contributed by atoms with Crippen LogP contribution in [0, 0.1) is 17.9 Å². The largest absolute Gasteiger partial charge is 0.309 e. The highest BCUT2D eigenvalue weighted by molar-refractivity contribution is 6.17. The van der Waals surface area contributed by atoms with E-state index in [4.69, 9.17) is 6.57 Å². The number of nitrogens with zero attached hydrogens (tertiary/aromatic N) is 5. The fourth-order valence-electron chi connectivity index (χ4n) is 8.76. The van der Waals surface area contributed by atoms with Gasteiger partial charge in [0.25, 0.3) is 0 Å². The van der Waals surface area contributed by atoms with E-state index in [-0.39, 0.29) is 0 Å². The van der Waals surface area contributed by atoms with Crippen molar-refractivity contribution in [1.29, 1.82) is 5.26 Å². The van der Waals surface area contributed by atoms with Crippen LogP contribution in [-0.2, 0) is 0 Å². The molecule has 0 aliphatic heterocycles. The molecule has 11 aromatic rings. The maximum atomic E-state index is 10.2. The van der Waals surface area contributed by atoms with Crippen molar-refractivity contribution in [2.24, 2.45) is 0 Å². The number of hydrogen-bond acceptors (Lipinski definition) is 1. The van der Waals surface area contributed by atoms with Gasteiger partial charge in [-0.1, -0.05) is 103 Å². The summed E-state index contributed by atoms with van der Waals surface area (Å²) in [5.74, 6) is 0. The number of hydrogen-bond donors (Lipinski definition) is 0. The Balaban J connectivity index is 1.14. The van der Waals surface area contributed by atoms with E-state index in [2.05, 4.69) is 164 Å². The molecule has 55 heavy (non-hydrogen) atoms. The zero-order valence-corrected chi connectivity index (χ0v) is 29.5. The van der Waals surface area contributed by atoms with Crippen molar-refractivity contribution in [2.45, 2.75) is 0 Å². The van der Waals surface area contributed by atoms with Gasteiger partial charge in [0.1, 0.15) is 0 Å². The summed E-state index contributed by atoms with van der Waals surface area (Å²) in [6.45, 7) is 7.59. The van der Waals surface area contributed by atoms with Gasteiger partial charge >= 0.3 is 0 Å². The maximum absolute atomic E-state index is 10.2. The van der Waals surface area contributed by atoms with Crippen LogP contribution in [0.3, 0.4) is 0 Å². The van der Waals surface area contributed by atoms with Gasteiger partial charge in [-0.05, 0) is 83.7 Å². The topological polar surface area (TPSA) is 42.9 Å². The van der Waals surface area contributed by atoms with Crippen LogP contribution in [-0.4, -0.2) is 13.7 Å². The standard InChI is InChI=1S/C50H29N5/c1-52-34-24-28-46-41(30-34)39-13-4-6-15-42(39)53(46)35-25-22-33(23-26-35)36-27-21-32(31-51)29-49(36)55-45-18-9-5-14-40(45)50-47(19-10-20-48(50)55)54-43-16-7-2-11-37(43)38-12-3-8-17-44(38)54/h2-30H. The fourth-order valence-corrected chi connectivity index (χ4v) is 8.76. The Labute approximate surface area is 316 Å². The molecule has 0 bridgehead atoms. The Morgan fingerprint density at radius 1 is 0.436 bits per heavy atom. The molecule has 0 unspecified atom stereocenters. The molecule has 11 rings (SSSR count). The van der Waals surface area contributed by atoms with E-state index in [1.54, 1.807) is 0 Å². The van der Waals surface area contributed by atoms with Gasteiger partial charge in [0.05, 0.1) is 62.7 Å². The van der Waals surface area contributed by atoms with Crippen molar-refractivity contribution in [2.75, 3.05) is 0 Å². The predicted octanol–water partition coefficient (Wildman–Crippen LogP) is 13.1. The second kappa shape index (κ2) is 11.8. The molecule has 8 aromatic carbocycles. The lowest BCUT2D eigenvalue weighted by Gasteiger charge is -2.16. The molecule has 0 amide bonds. The highest BCUT2D eigenvalue weighted by Crippen LogP contribution is 2.42. The molecule has 5 heteroatoms. The fraction of sp³-hybridized carbons (Fsp3) is 0. The number of nitriles is 1. The lowest BCUT2D eigenvalue weighted by Crippen LogP contribution is -2.00. The van der Waals surface area contributed by atoms with Crippen LogP contribution in [0.15, 0.2) is 176 Å². The van der Waals surface area contributed by atoms with Crippen molar-refractivity contribution in [1.82, 2.24) is 13.7 Å². The molecule has 0 saturated heterocycles. The molecular weight excluding hydrogens is 671 g/mol. The summed E-state index contributed by atoms with van der Waals surface area (Å²) >= 11 is 0. The molecule has 5 nitrogen and oxygen atoms in total. The minimum Gasteiger partial charge on any atom is -0.309 e. The van der Waals surface area contributed by atoms with Crippen molar-refractivity contribution in [3.8, 4) is 34.3 Å². The molecule has 3 heterocycles. The Morgan fingerprint density at radius 2 is 0.982 bits per heavy atom. The lowest BCUT2D eigenvalue weighted by molar-refractivity contribution is 1.16. The van der Waals surface area contributed by atoms with Crippen LogP contribution >= 0.6 is 0 Å². The number of aromatic nitrogens is 3. The van der Waals surface area contributed by atoms with Gasteiger partial charge in [-0.2, -0.15) is 5.26 Å². The quantitative estimate of drug-likeness (QED) is 0.169. The van der Waals surface area contributed by atoms with E-state index in [0.29, 0.717) is 11.3 Å². The molecule has 3 aromatic heterocycles. The van der Waals surface area contributed by atoms with Crippen molar-refractivity contribution < 1.29 is 0 Å². The summed E-state index contributed by atoms with van der Waals surface area (Å²) in [6.07, 6.45) is 0. The Morgan fingerprint density at radius 3 is 1.64 bits per heavy atom. The summed E-state index contributed by atoms with van der Waals surface area (Å²) < 4.78 is 6.99. The van der Waals surface area contributed by atoms with Crippen molar-refractivity contribution >= 4 is 71.1 Å². The summed E-state index contributed by atoms with van der Waals surface area (Å²) in [5, 5.41) is 17.1. The molecular formula is C50H29N5. The summed E-state index contributed by atoms with van der Waals surface area (Å²) in [4.78, 5) is 3.69. The molecule has 0 N–H and O–H groups in total. The average Bonchev–Trinajstić information content (AvgIpc) is 3.89. The highest BCUT2D eigenvalue weighted by atomic mass is 15.0. The van der Waals surface area contributed by atoms with E-state index in [1.165, 1.54) is 10.8 Å². The summed E-state index contributed by atoms with van der Waals surface area (Å²) in [7, 11) is 0. The summed E-state index contributed by atoms with van der Waals surface area (Å²) in [5.41, 5.74) is 13.0. The molecule has 0 aliphatic rings. The van der Waals surface area contributed by atoms with Crippen LogP contribution in [0.5, 0.6) is 0 Å². The second-order valence-corrected chi connectivity index (χ2v) is 13.9. The number of para-hydroxylation sites is 4. The smallest absolute Gasteiger partial charge is 0.188 e. The first-order chi connectivity index (χ1) is 27.2. The highest BCUT2D eigenvalue weighted by Gasteiger charge is 2.21. The SMILES string of the molecule is [C-]#[N+]c1ccc2c(c1)c1ccccc1n2-c1ccc(-c2ccc(C#N)cc2-n2c3ccccc3c3c(-n4c5ccccc5c5ccccc54)cccc32)cc1. The molecule has 0 spiro atoms. The molecule has 0 aliphatic carbocycles. The van der Waals surface area contributed by atoms with E-state index in [0.717, 1.165) is 82.8 Å². The van der Waals surface area contributed by atoms with Crippen LogP contribution in [0.1, 0.15) is 5.56 Å². The van der Waals surface area contributed by atoms with Crippen molar-refractivity contribution in [3.05, 3.63) is 193 Å². The zero-order valence-electron chi connectivity index (χ0n) is 29.5. The Bertz CT molecular complexity index is 3400. The monoisotopic (exact) mass is 699 g/mol. The number of benzene rings is 8. The van der Waals surface area contributed by atoms with E-state index in [9.17, 15) is 5.26 Å². The third kappa shape index (κ3) is 4.45. The molecule has 254 valence electrons. The van der Waals surface area contributed by atoms with Gasteiger partial charge in [0, 0.05) is 38.2 Å². The first-order valence-electron chi connectivity index (χ1n) is 18.3. The summed E-state index contributed by atoms with van der Waals surface area (Å²) in [6, 6.07) is 63.8. The third-order valence-corrected chi connectivity index (χ3v) is 11.1. The van der Waals surface area contributed by atoms with Gasteiger partial charge in [0.2, 0.25) is 0 Å². The normalized spacial score (nSPS) is 11.6. The molecule has 0 fully saturated rings. The average molecular weight is 700 g/mol. The van der Waals surface area contributed by atoms with Gasteiger partial charge in [-0.25, -0.2) is 4.85 Å². The Hall–Kier alpha value is -7.86. The van der Waals surface area contributed by atoms with E-state index in [1.807, 2.05) is 36.4 Å². The molecule has 0 saturated carbocycles. The van der Waals surface area contributed by atoms with Gasteiger partial charge < -0.3 is 13.7 Å². The first kappa shape index (κ1) is 30.7. The minimum atomic E-state index is 0.601. The van der Waals surface area contributed by atoms with Gasteiger partial charge in [-0.15, -0.1) is 0 Å². The van der Waals surface area contributed by atoms with E-state index < -0.39 is 0 Å². The molecule has 0 radical (unpaired) electrons. The first-order valence-corrected chi connectivity index (χ1v) is 18.3. The van der Waals surface area contributed by atoms with Crippen LogP contribution in [0.4, 0.5) is 5.69 Å². The minimum absolute atomic E-state index is 0.601. The van der Waals surface area contributed by atoms with Gasteiger partial charge in [-0.3, -0.25) is 0 Å². The van der Waals surface area contributed by atoms with Crippen LogP contribution in [0.25, 0.3) is 98.5 Å². The number of rotatable bonds is 4. The predicted molar refractivity (Wildman–Crippen MR) is 226 cm³/mol. The van der Waals surface area contributed by atoms with Crippen molar-refractivity contribution in [3.63, 3.8) is 0 Å². The maximum Gasteiger partial charge on any atom is 0.188 e. The molecule has 0 atom stereocenters. The second-order valence-electron chi connectivity index (χ2n) is 13.9. The van der Waals surface area contributed by atoms with Crippen LogP contribution < -0.4 is 0 Å². The van der Waals surface area contributed by atoms with Crippen LogP contribution in [0.2, 0.25) is 0 Å². The van der Waals surface area contributed by atoms with E-state index >= 15 is 0 Å². The zero-order chi connectivity index (χ0) is 36.6. The number of fused-ring (bicyclic) bond motifs is 9. The van der Waals surface area contributed by atoms with Gasteiger partial charge in [0.15, 0.2) is 5.69 Å². The third-order valence-electron chi connectivity index (χ3n) is 11.1.